The fraction of sp³-hybridized carbons (Fsp3) is 0.136. The quantitative estimate of drug-likeness (QED) is 0.407. The Morgan fingerprint density at radius 2 is 1.81 bits per heavy atom. The Morgan fingerprint density at radius 3 is 2.44 bits per heavy atom. The molecule has 0 unspecified atom stereocenters. The van der Waals surface area contributed by atoms with E-state index in [4.69, 9.17) is 17.3 Å². The number of aromatic nitrogens is 2. The van der Waals surface area contributed by atoms with Crippen LogP contribution < -0.4 is 0 Å². The first-order chi connectivity index (χ1) is 15.2. The molecule has 3 aromatic rings. The molecule has 2 aromatic carbocycles. The highest BCUT2D eigenvalue weighted by molar-refractivity contribution is 8.26. The van der Waals surface area contributed by atoms with E-state index >= 15 is 0 Å². The van der Waals surface area contributed by atoms with Gasteiger partial charge in [-0.3, -0.25) is 9.69 Å². The molecular weight excluding hydrogens is 464 g/mol. The number of amides is 1. The van der Waals surface area contributed by atoms with Crippen LogP contribution in [0.2, 0.25) is 0 Å². The van der Waals surface area contributed by atoms with Gasteiger partial charge in [0.2, 0.25) is 10.0 Å². The number of para-hydroxylation sites is 1. The van der Waals surface area contributed by atoms with Crippen molar-refractivity contribution in [3.05, 3.63) is 71.3 Å². The van der Waals surface area contributed by atoms with Gasteiger partial charge < -0.3 is 0 Å². The van der Waals surface area contributed by atoms with Crippen molar-refractivity contribution in [1.82, 2.24) is 19.0 Å². The standard InChI is InChI=1S/C22H20N4O3S3/c1-24(2)32(28,29)18-11-7-8-15(12-18)20-16(13-19-21(27)25(3)22(30)31-19)14-26(23-20)17-9-5-4-6-10-17/h4-14H,1-3H3/b19-13+. The van der Waals surface area contributed by atoms with Crippen LogP contribution in [0.5, 0.6) is 0 Å². The maximum absolute atomic E-state index is 12.6. The minimum Gasteiger partial charge on any atom is -0.296 e. The van der Waals surface area contributed by atoms with Crippen LogP contribution >= 0.6 is 24.0 Å². The number of carbonyl (C=O) groups excluding carboxylic acids is 1. The van der Waals surface area contributed by atoms with Crippen LogP contribution in [0.15, 0.2) is 70.6 Å². The molecule has 2 heterocycles. The topological polar surface area (TPSA) is 75.5 Å². The lowest BCUT2D eigenvalue weighted by Crippen LogP contribution is -2.22. The molecule has 0 atom stereocenters. The normalized spacial score (nSPS) is 15.9. The molecule has 1 aliphatic heterocycles. The SMILES string of the molecule is CN1C(=O)/C(=C\c2cn(-c3ccccc3)nc2-c2cccc(S(=O)(=O)N(C)C)c2)SC1=S. The zero-order valence-electron chi connectivity index (χ0n) is 17.6. The zero-order valence-corrected chi connectivity index (χ0v) is 20.0. The zero-order chi connectivity index (χ0) is 23.0. The molecule has 164 valence electrons. The van der Waals surface area contributed by atoms with Gasteiger partial charge in [0.15, 0.2) is 0 Å². The number of carbonyl (C=O) groups is 1. The Hall–Kier alpha value is -2.79. The van der Waals surface area contributed by atoms with E-state index in [0.717, 1.165) is 5.69 Å². The summed E-state index contributed by atoms with van der Waals surface area (Å²) in [6, 6.07) is 16.2. The third-order valence-electron chi connectivity index (χ3n) is 4.92. The number of hydrogen-bond donors (Lipinski definition) is 0. The van der Waals surface area contributed by atoms with Crippen LogP contribution in [0.4, 0.5) is 0 Å². The predicted molar refractivity (Wildman–Crippen MR) is 131 cm³/mol. The van der Waals surface area contributed by atoms with E-state index in [1.54, 1.807) is 42.1 Å². The molecule has 0 bridgehead atoms. The summed E-state index contributed by atoms with van der Waals surface area (Å²) in [6.07, 6.45) is 3.57. The van der Waals surface area contributed by atoms with E-state index in [2.05, 4.69) is 0 Å². The summed E-state index contributed by atoms with van der Waals surface area (Å²) < 4.78 is 28.6. The molecule has 7 nitrogen and oxygen atoms in total. The van der Waals surface area contributed by atoms with E-state index in [1.807, 2.05) is 36.5 Å². The van der Waals surface area contributed by atoms with Gasteiger partial charge in [0, 0.05) is 38.5 Å². The Balaban J connectivity index is 1.88. The highest BCUT2D eigenvalue weighted by Crippen LogP contribution is 2.34. The number of thioether (sulfide) groups is 1. The summed E-state index contributed by atoms with van der Waals surface area (Å²) in [7, 11) is 1.01. The molecule has 1 fully saturated rings. The Morgan fingerprint density at radius 1 is 1.09 bits per heavy atom. The van der Waals surface area contributed by atoms with Crippen LogP contribution in [0.3, 0.4) is 0 Å². The van der Waals surface area contributed by atoms with Gasteiger partial charge in [-0.2, -0.15) is 5.10 Å². The molecule has 32 heavy (non-hydrogen) atoms. The van der Waals surface area contributed by atoms with Crippen LogP contribution in [0.1, 0.15) is 5.56 Å². The van der Waals surface area contributed by atoms with E-state index in [-0.39, 0.29) is 10.8 Å². The maximum atomic E-state index is 12.6. The second kappa shape index (κ2) is 8.62. The largest absolute Gasteiger partial charge is 0.296 e. The monoisotopic (exact) mass is 484 g/mol. The molecule has 0 radical (unpaired) electrons. The molecule has 0 aliphatic carbocycles. The summed E-state index contributed by atoms with van der Waals surface area (Å²) in [6.45, 7) is 0. The highest BCUT2D eigenvalue weighted by atomic mass is 32.2. The molecule has 4 rings (SSSR count). The van der Waals surface area contributed by atoms with E-state index < -0.39 is 10.0 Å². The van der Waals surface area contributed by atoms with Gasteiger partial charge in [0.05, 0.1) is 15.5 Å². The summed E-state index contributed by atoms with van der Waals surface area (Å²) in [4.78, 5) is 14.6. The first kappa shape index (κ1) is 22.4. The lowest BCUT2D eigenvalue weighted by atomic mass is 10.1. The first-order valence-corrected chi connectivity index (χ1v) is 12.2. The van der Waals surface area contributed by atoms with Crippen molar-refractivity contribution in [1.29, 1.82) is 0 Å². The van der Waals surface area contributed by atoms with Crippen molar-refractivity contribution in [2.75, 3.05) is 21.1 Å². The maximum Gasteiger partial charge on any atom is 0.265 e. The van der Waals surface area contributed by atoms with Crippen LogP contribution in [-0.2, 0) is 14.8 Å². The van der Waals surface area contributed by atoms with Crippen molar-refractivity contribution < 1.29 is 13.2 Å². The van der Waals surface area contributed by atoms with Crippen LogP contribution in [0.25, 0.3) is 23.0 Å². The number of thiocarbonyl (C=S) groups is 1. The first-order valence-electron chi connectivity index (χ1n) is 9.58. The predicted octanol–water partition coefficient (Wildman–Crippen LogP) is 3.62. The van der Waals surface area contributed by atoms with Gasteiger partial charge in [-0.25, -0.2) is 17.4 Å². The van der Waals surface area contributed by atoms with E-state index in [1.165, 1.54) is 35.1 Å². The van der Waals surface area contributed by atoms with Gasteiger partial charge in [0.25, 0.3) is 5.91 Å². The smallest absolute Gasteiger partial charge is 0.265 e. The molecule has 10 heteroatoms. The minimum atomic E-state index is -3.61. The van der Waals surface area contributed by atoms with Crippen molar-refractivity contribution in [3.63, 3.8) is 0 Å². The van der Waals surface area contributed by atoms with Crippen LogP contribution in [0, 0.1) is 0 Å². The minimum absolute atomic E-state index is 0.167. The Bertz CT molecular complexity index is 1350. The van der Waals surface area contributed by atoms with Crippen LogP contribution in [-0.4, -0.2) is 58.8 Å². The molecular formula is C22H20N4O3S3. The van der Waals surface area contributed by atoms with Gasteiger partial charge >= 0.3 is 0 Å². The number of nitrogens with zero attached hydrogens (tertiary/aromatic N) is 4. The van der Waals surface area contributed by atoms with Crippen molar-refractivity contribution in [3.8, 4) is 16.9 Å². The molecule has 1 amide bonds. The van der Waals surface area contributed by atoms with Gasteiger partial charge in [-0.15, -0.1) is 0 Å². The van der Waals surface area contributed by atoms with E-state index in [0.29, 0.717) is 26.0 Å². The van der Waals surface area contributed by atoms with Gasteiger partial charge in [-0.1, -0.05) is 54.3 Å². The van der Waals surface area contributed by atoms with Crippen molar-refractivity contribution in [2.24, 2.45) is 0 Å². The molecule has 1 aliphatic rings. The summed E-state index contributed by atoms with van der Waals surface area (Å²) in [5.41, 5.74) is 2.71. The second-order valence-corrected chi connectivity index (χ2v) is 11.1. The van der Waals surface area contributed by atoms with Gasteiger partial charge in [0.1, 0.15) is 10.0 Å². The number of hydrogen-bond acceptors (Lipinski definition) is 6. The molecule has 1 aromatic heterocycles. The summed E-state index contributed by atoms with van der Waals surface area (Å²) >= 11 is 6.46. The van der Waals surface area contributed by atoms with E-state index in [9.17, 15) is 13.2 Å². The number of rotatable bonds is 5. The van der Waals surface area contributed by atoms with Gasteiger partial charge in [-0.05, 0) is 30.3 Å². The Kier molecular flexibility index (Phi) is 6.04. The molecule has 0 saturated carbocycles. The average Bonchev–Trinajstić information content (AvgIpc) is 3.31. The fourth-order valence-electron chi connectivity index (χ4n) is 3.13. The molecule has 0 spiro atoms. The fourth-order valence-corrected chi connectivity index (χ4v) is 5.25. The highest BCUT2D eigenvalue weighted by Gasteiger charge is 2.29. The third kappa shape index (κ3) is 4.14. The number of sulfonamides is 1. The molecule has 0 N–H and O–H groups in total. The Labute approximate surface area is 196 Å². The second-order valence-electron chi connectivity index (χ2n) is 7.27. The average molecular weight is 485 g/mol. The molecule has 1 saturated heterocycles. The lowest BCUT2D eigenvalue weighted by molar-refractivity contribution is -0.121. The number of benzene rings is 2. The number of likely N-dealkylation sites (N-methyl/N-ethyl adjacent to an activating group) is 1. The lowest BCUT2D eigenvalue weighted by Gasteiger charge is -2.12. The summed E-state index contributed by atoms with van der Waals surface area (Å²) in [5.74, 6) is -0.178. The van der Waals surface area contributed by atoms with Crippen molar-refractivity contribution >= 4 is 50.3 Å². The third-order valence-corrected chi connectivity index (χ3v) is 8.22. The summed E-state index contributed by atoms with van der Waals surface area (Å²) in [5, 5.41) is 4.72. The van der Waals surface area contributed by atoms with Crippen molar-refractivity contribution in [2.45, 2.75) is 4.90 Å².